The Morgan fingerprint density at radius 1 is 1.19 bits per heavy atom. The molecule has 0 saturated heterocycles. The van der Waals surface area contributed by atoms with Gasteiger partial charge in [0.2, 0.25) is 0 Å². The lowest BCUT2D eigenvalue weighted by atomic mass is 10.2. The summed E-state index contributed by atoms with van der Waals surface area (Å²) in [6, 6.07) is 8.43. The first-order valence-electron chi connectivity index (χ1n) is 6.77. The van der Waals surface area contributed by atoms with Crippen LogP contribution in [0.4, 0.5) is 0 Å². The van der Waals surface area contributed by atoms with Crippen molar-refractivity contribution >= 4 is 16.1 Å². The normalized spacial score (nSPS) is 12.4. The van der Waals surface area contributed by atoms with Crippen molar-refractivity contribution in [1.82, 2.24) is 0 Å². The van der Waals surface area contributed by atoms with Gasteiger partial charge in [-0.25, -0.2) is 4.79 Å². The number of carbonyl (C=O) groups is 1. The molecule has 21 heavy (non-hydrogen) atoms. The molecule has 0 amide bonds. The van der Waals surface area contributed by atoms with Crippen LogP contribution < -0.4 is 0 Å². The first kappa shape index (κ1) is 17.7. The van der Waals surface area contributed by atoms with Gasteiger partial charge < -0.3 is 4.74 Å². The van der Waals surface area contributed by atoms with Crippen LogP contribution in [-0.4, -0.2) is 32.3 Å². The predicted octanol–water partition coefficient (Wildman–Crippen LogP) is 2.62. The molecule has 6 heteroatoms. The third-order valence-electron chi connectivity index (χ3n) is 2.79. The molecule has 1 aromatic carbocycles. The number of hydrogen-bond donors (Lipinski definition) is 0. The van der Waals surface area contributed by atoms with Crippen LogP contribution in [0.15, 0.2) is 30.3 Å². The molecule has 0 atom stereocenters. The number of carbonyl (C=O) groups excluding carboxylic acids is 1. The highest BCUT2D eigenvalue weighted by atomic mass is 32.2. The lowest BCUT2D eigenvalue weighted by Gasteiger charge is -2.24. The van der Waals surface area contributed by atoms with Crippen LogP contribution in [0.1, 0.15) is 38.1 Å². The van der Waals surface area contributed by atoms with Crippen molar-refractivity contribution in [3.63, 3.8) is 0 Å². The van der Waals surface area contributed by atoms with Gasteiger partial charge in [-0.05, 0) is 31.9 Å². The van der Waals surface area contributed by atoms with Crippen molar-refractivity contribution in [2.24, 2.45) is 5.92 Å². The zero-order valence-electron chi connectivity index (χ0n) is 12.8. The molecule has 0 aromatic heterocycles. The molecule has 0 fully saturated rings. The lowest BCUT2D eigenvalue weighted by Crippen LogP contribution is -2.39. The summed E-state index contributed by atoms with van der Waals surface area (Å²) < 4.78 is 32.9. The van der Waals surface area contributed by atoms with E-state index in [9.17, 15) is 13.2 Å². The van der Waals surface area contributed by atoms with Gasteiger partial charge in [0.15, 0.2) is 0 Å². The average Bonchev–Trinajstić information content (AvgIpc) is 2.43. The average molecular weight is 314 g/mol. The Bertz CT molecular complexity index is 561. The summed E-state index contributed by atoms with van der Waals surface area (Å²) in [7, 11) is -3.81. The quantitative estimate of drug-likeness (QED) is 0.571. The Morgan fingerprint density at radius 3 is 2.29 bits per heavy atom. The molecule has 0 aliphatic carbocycles. The van der Waals surface area contributed by atoms with Crippen LogP contribution in [-0.2, 0) is 19.0 Å². The molecular weight excluding hydrogens is 292 g/mol. The van der Waals surface area contributed by atoms with Crippen LogP contribution >= 0.6 is 0 Å². The Balaban J connectivity index is 2.66. The second-order valence-corrected chi connectivity index (χ2v) is 8.08. The standard InChI is InChI=1S/C15H22O5S/c1-12(2)10-20-21(17,18)15(3,4)11-19-14(16)13-8-6-5-7-9-13/h5-9,12H,10-11H2,1-4H3. The number of esters is 1. The highest BCUT2D eigenvalue weighted by Crippen LogP contribution is 2.20. The van der Waals surface area contributed by atoms with E-state index < -0.39 is 20.8 Å². The van der Waals surface area contributed by atoms with Crippen molar-refractivity contribution in [1.29, 1.82) is 0 Å². The predicted molar refractivity (Wildman–Crippen MR) is 80.5 cm³/mol. The highest BCUT2D eigenvalue weighted by Gasteiger charge is 2.37. The number of rotatable bonds is 7. The molecule has 5 nitrogen and oxygen atoms in total. The Hall–Kier alpha value is -1.40. The van der Waals surface area contributed by atoms with E-state index in [0.717, 1.165) is 0 Å². The fourth-order valence-electron chi connectivity index (χ4n) is 1.35. The van der Waals surface area contributed by atoms with Crippen LogP contribution in [0.25, 0.3) is 0 Å². The van der Waals surface area contributed by atoms with Gasteiger partial charge in [0, 0.05) is 0 Å². The molecule has 1 rings (SSSR count). The molecule has 0 heterocycles. The minimum Gasteiger partial charge on any atom is -0.460 e. The minimum absolute atomic E-state index is 0.0995. The summed E-state index contributed by atoms with van der Waals surface area (Å²) in [6.45, 7) is 6.51. The molecular formula is C15H22O5S. The van der Waals surface area contributed by atoms with E-state index in [1.54, 1.807) is 30.3 Å². The first-order chi connectivity index (χ1) is 9.66. The SMILES string of the molecule is CC(C)COS(=O)(=O)C(C)(C)COC(=O)c1ccccc1. The van der Waals surface area contributed by atoms with Gasteiger partial charge in [0.25, 0.3) is 10.1 Å². The van der Waals surface area contributed by atoms with Crippen LogP contribution in [0.3, 0.4) is 0 Å². The minimum atomic E-state index is -3.81. The van der Waals surface area contributed by atoms with Gasteiger partial charge in [-0.3, -0.25) is 4.18 Å². The Morgan fingerprint density at radius 2 is 1.76 bits per heavy atom. The van der Waals surface area contributed by atoms with Crippen molar-refractivity contribution in [2.75, 3.05) is 13.2 Å². The van der Waals surface area contributed by atoms with Gasteiger partial charge in [-0.2, -0.15) is 8.42 Å². The van der Waals surface area contributed by atoms with E-state index >= 15 is 0 Å². The van der Waals surface area contributed by atoms with Crippen molar-refractivity contribution in [3.05, 3.63) is 35.9 Å². The van der Waals surface area contributed by atoms with E-state index in [1.807, 2.05) is 13.8 Å². The van der Waals surface area contributed by atoms with Gasteiger partial charge >= 0.3 is 5.97 Å². The number of hydrogen-bond acceptors (Lipinski definition) is 5. The smallest absolute Gasteiger partial charge is 0.338 e. The molecule has 1 aromatic rings. The molecule has 0 bridgehead atoms. The molecule has 0 aliphatic rings. The van der Waals surface area contributed by atoms with E-state index in [4.69, 9.17) is 8.92 Å². The molecule has 0 unspecified atom stereocenters. The van der Waals surface area contributed by atoms with Crippen molar-refractivity contribution in [3.8, 4) is 0 Å². The summed E-state index contributed by atoms with van der Waals surface area (Å²) in [6.07, 6.45) is 0. The van der Waals surface area contributed by atoms with Gasteiger partial charge in [-0.15, -0.1) is 0 Å². The largest absolute Gasteiger partial charge is 0.460 e. The highest BCUT2D eigenvalue weighted by molar-refractivity contribution is 7.88. The summed E-state index contributed by atoms with van der Waals surface area (Å²) in [5, 5.41) is 0. The maximum Gasteiger partial charge on any atom is 0.338 e. The van der Waals surface area contributed by atoms with E-state index in [1.165, 1.54) is 13.8 Å². The monoisotopic (exact) mass is 314 g/mol. The summed E-state index contributed by atoms with van der Waals surface area (Å²) in [5.41, 5.74) is 0.383. The molecule has 0 saturated carbocycles. The van der Waals surface area contributed by atoms with Gasteiger partial charge in [0.05, 0.1) is 12.2 Å². The molecule has 0 N–H and O–H groups in total. The van der Waals surface area contributed by atoms with E-state index in [0.29, 0.717) is 5.56 Å². The van der Waals surface area contributed by atoms with Gasteiger partial charge in [-0.1, -0.05) is 32.0 Å². The first-order valence-corrected chi connectivity index (χ1v) is 8.18. The van der Waals surface area contributed by atoms with Crippen molar-refractivity contribution < 1.29 is 22.1 Å². The summed E-state index contributed by atoms with van der Waals surface area (Å²) >= 11 is 0. The molecule has 118 valence electrons. The van der Waals surface area contributed by atoms with E-state index in [2.05, 4.69) is 0 Å². The van der Waals surface area contributed by atoms with Crippen molar-refractivity contribution in [2.45, 2.75) is 32.4 Å². The molecule has 0 radical (unpaired) electrons. The second kappa shape index (κ2) is 7.04. The number of benzene rings is 1. The maximum absolute atomic E-state index is 12.1. The summed E-state index contributed by atoms with van der Waals surface area (Å²) in [4.78, 5) is 11.8. The van der Waals surface area contributed by atoms with Crippen LogP contribution in [0.2, 0.25) is 0 Å². The van der Waals surface area contributed by atoms with Crippen LogP contribution in [0, 0.1) is 5.92 Å². The van der Waals surface area contributed by atoms with E-state index in [-0.39, 0.29) is 19.1 Å². The topological polar surface area (TPSA) is 69.7 Å². The van der Waals surface area contributed by atoms with Gasteiger partial charge in [0.1, 0.15) is 11.4 Å². The lowest BCUT2D eigenvalue weighted by molar-refractivity contribution is 0.0467. The maximum atomic E-state index is 12.1. The Labute approximate surface area is 126 Å². The third kappa shape index (κ3) is 5.13. The Kier molecular flexibility index (Phi) is 5.92. The zero-order valence-corrected chi connectivity index (χ0v) is 13.6. The number of ether oxygens (including phenoxy) is 1. The summed E-state index contributed by atoms with van der Waals surface area (Å²) in [5.74, 6) is -0.454. The second-order valence-electron chi connectivity index (χ2n) is 5.83. The van der Waals surface area contributed by atoms with Crippen LogP contribution in [0.5, 0.6) is 0 Å². The fourth-order valence-corrected chi connectivity index (χ4v) is 2.33. The third-order valence-corrected chi connectivity index (χ3v) is 4.71. The fraction of sp³-hybridized carbons (Fsp3) is 0.533. The molecule has 0 aliphatic heterocycles. The molecule has 0 spiro atoms. The zero-order chi connectivity index (χ0) is 16.1.